The third-order valence-corrected chi connectivity index (χ3v) is 17.4. The first-order valence-electron chi connectivity index (χ1n) is 37.3. The van der Waals surface area contributed by atoms with Crippen molar-refractivity contribution in [1.82, 2.24) is 5.32 Å². The van der Waals surface area contributed by atoms with Crippen LogP contribution in [0.25, 0.3) is 0 Å². The van der Waals surface area contributed by atoms with E-state index in [1.54, 1.807) is 6.08 Å². The fourth-order valence-corrected chi connectivity index (χ4v) is 11.7. The molecule has 0 aliphatic heterocycles. The van der Waals surface area contributed by atoms with E-state index >= 15 is 0 Å². The minimum atomic E-state index is -0.838. The molecule has 0 saturated heterocycles. The first-order valence-corrected chi connectivity index (χ1v) is 37.3. The second kappa shape index (κ2) is 71.6. The lowest BCUT2D eigenvalue weighted by Crippen LogP contribution is -2.45. The van der Waals surface area contributed by atoms with Gasteiger partial charge in [-0.05, 0) is 64.2 Å². The van der Waals surface area contributed by atoms with Gasteiger partial charge in [-0.1, -0.05) is 371 Å². The molecule has 484 valence electrons. The molecule has 82 heavy (non-hydrogen) atoms. The molecule has 6 nitrogen and oxygen atoms in total. The van der Waals surface area contributed by atoms with Gasteiger partial charge < -0.3 is 20.3 Å². The number of aliphatic hydroxyl groups is 2. The van der Waals surface area contributed by atoms with Gasteiger partial charge in [0.2, 0.25) is 5.91 Å². The number of allylic oxidation sites excluding steroid dienone is 5. The predicted molar refractivity (Wildman–Crippen MR) is 361 cm³/mol. The molecular weight excluding hydrogens is 1010 g/mol. The molecular formula is C76H145NO5. The average molecular weight is 1150 g/mol. The second-order valence-electron chi connectivity index (χ2n) is 25.6. The van der Waals surface area contributed by atoms with E-state index in [4.69, 9.17) is 4.74 Å². The molecule has 0 aromatic rings. The van der Waals surface area contributed by atoms with E-state index in [0.29, 0.717) is 19.4 Å². The van der Waals surface area contributed by atoms with Crippen molar-refractivity contribution in [2.45, 2.75) is 424 Å². The van der Waals surface area contributed by atoms with Crippen LogP contribution in [0.1, 0.15) is 412 Å². The maximum absolute atomic E-state index is 12.4. The maximum Gasteiger partial charge on any atom is 0.305 e. The molecule has 0 bridgehead atoms. The van der Waals surface area contributed by atoms with Crippen LogP contribution in [0, 0.1) is 0 Å². The Labute approximate surface area is 513 Å². The summed E-state index contributed by atoms with van der Waals surface area (Å²) in [5, 5.41) is 23.0. The van der Waals surface area contributed by atoms with E-state index in [1.165, 1.54) is 334 Å². The minimum Gasteiger partial charge on any atom is -0.466 e. The van der Waals surface area contributed by atoms with Crippen LogP contribution >= 0.6 is 0 Å². The van der Waals surface area contributed by atoms with E-state index < -0.39 is 12.1 Å². The molecule has 1 amide bonds. The van der Waals surface area contributed by atoms with Gasteiger partial charge in [0.1, 0.15) is 0 Å². The van der Waals surface area contributed by atoms with Crippen LogP contribution in [-0.4, -0.2) is 47.4 Å². The van der Waals surface area contributed by atoms with Gasteiger partial charge in [-0.2, -0.15) is 0 Å². The largest absolute Gasteiger partial charge is 0.466 e. The quantitative estimate of drug-likeness (QED) is 0.0320. The van der Waals surface area contributed by atoms with E-state index in [1.807, 2.05) is 6.08 Å². The summed E-state index contributed by atoms with van der Waals surface area (Å²) in [4.78, 5) is 24.5. The average Bonchev–Trinajstić information content (AvgIpc) is 3.48. The first-order chi connectivity index (χ1) is 40.5. The fourth-order valence-electron chi connectivity index (χ4n) is 11.7. The van der Waals surface area contributed by atoms with Crippen molar-refractivity contribution < 1.29 is 24.5 Å². The highest BCUT2D eigenvalue weighted by Crippen LogP contribution is 2.19. The molecule has 0 aliphatic rings. The van der Waals surface area contributed by atoms with Crippen LogP contribution in [0.4, 0.5) is 0 Å². The van der Waals surface area contributed by atoms with E-state index in [0.717, 1.165) is 51.4 Å². The molecule has 0 aromatic carbocycles. The van der Waals surface area contributed by atoms with Crippen LogP contribution in [0.15, 0.2) is 36.5 Å². The number of unbranched alkanes of at least 4 members (excludes halogenated alkanes) is 55. The van der Waals surface area contributed by atoms with Gasteiger partial charge in [-0.3, -0.25) is 9.59 Å². The van der Waals surface area contributed by atoms with Crippen molar-refractivity contribution in [2.24, 2.45) is 0 Å². The fraction of sp³-hybridized carbons (Fsp3) is 0.895. The topological polar surface area (TPSA) is 95.9 Å². The molecule has 2 atom stereocenters. The standard InChI is InChI=1S/C76H145NO5/c1-3-5-7-9-11-13-15-16-17-18-41-44-47-50-54-58-62-66-70-76(81)82-71-67-63-59-55-51-48-45-42-39-37-35-33-31-29-27-25-23-21-19-20-22-24-26-28-30-32-34-36-38-40-43-46-49-53-57-61-65-69-75(80)77-73(72-78)74(79)68-64-60-56-52-14-12-10-8-6-4-2/h13,15,17-18,64,68,73-74,78-79H,3-12,14,16,19-63,65-67,69-72H2,1-2H3,(H,77,80)/b15-13-,18-17-,68-64+. The second-order valence-corrected chi connectivity index (χ2v) is 25.6. The monoisotopic (exact) mass is 1150 g/mol. The predicted octanol–water partition coefficient (Wildman–Crippen LogP) is 24.3. The van der Waals surface area contributed by atoms with Gasteiger partial charge in [0.25, 0.3) is 0 Å². The Bertz CT molecular complexity index is 1330. The van der Waals surface area contributed by atoms with E-state index in [9.17, 15) is 19.8 Å². The summed E-state index contributed by atoms with van der Waals surface area (Å²) < 4.78 is 5.51. The van der Waals surface area contributed by atoms with Crippen LogP contribution < -0.4 is 5.32 Å². The normalized spacial score (nSPS) is 12.7. The smallest absolute Gasteiger partial charge is 0.305 e. The number of carbonyl (C=O) groups is 2. The number of aliphatic hydroxyl groups excluding tert-OH is 2. The summed E-state index contributed by atoms with van der Waals surface area (Å²) in [6.45, 7) is 4.89. The summed E-state index contributed by atoms with van der Waals surface area (Å²) in [7, 11) is 0. The van der Waals surface area contributed by atoms with Crippen molar-refractivity contribution in [3.8, 4) is 0 Å². The number of nitrogens with one attached hydrogen (secondary N) is 1. The zero-order valence-electron chi connectivity index (χ0n) is 55.5. The Kier molecular flexibility index (Phi) is 69.9. The van der Waals surface area contributed by atoms with E-state index in [-0.39, 0.29) is 18.5 Å². The Morgan fingerprint density at radius 1 is 0.341 bits per heavy atom. The van der Waals surface area contributed by atoms with Gasteiger partial charge >= 0.3 is 5.97 Å². The Hall–Kier alpha value is -1.92. The highest BCUT2D eigenvalue weighted by atomic mass is 16.5. The summed E-state index contributed by atoms with van der Waals surface area (Å²) >= 11 is 0. The van der Waals surface area contributed by atoms with Crippen LogP contribution in [-0.2, 0) is 14.3 Å². The van der Waals surface area contributed by atoms with Gasteiger partial charge in [0.15, 0.2) is 0 Å². The van der Waals surface area contributed by atoms with Crippen molar-refractivity contribution in [1.29, 1.82) is 0 Å². The van der Waals surface area contributed by atoms with Crippen molar-refractivity contribution in [2.75, 3.05) is 13.2 Å². The zero-order valence-corrected chi connectivity index (χ0v) is 55.5. The SMILES string of the molecule is CCCCCC/C=C\C/C=C\CCCCCCCCCC(=O)OCCCCCCCCCCCCCCCCCCCCCCCCCCCCCCCCCCCCCCCC(=O)NC(CO)C(O)/C=C/CCCCCCCCCC. The lowest BCUT2D eigenvalue weighted by atomic mass is 10.0. The third kappa shape index (κ3) is 67.2. The lowest BCUT2D eigenvalue weighted by Gasteiger charge is -2.20. The molecule has 2 unspecified atom stereocenters. The minimum absolute atomic E-state index is 0.0162. The number of esters is 1. The molecule has 0 rings (SSSR count). The summed E-state index contributed by atoms with van der Waals surface area (Å²) in [5.41, 5.74) is 0. The van der Waals surface area contributed by atoms with Gasteiger partial charge in [0, 0.05) is 12.8 Å². The Balaban J connectivity index is 3.28. The summed E-state index contributed by atoms with van der Waals surface area (Å²) in [6.07, 6.45) is 92.7. The van der Waals surface area contributed by atoms with Crippen molar-refractivity contribution >= 4 is 11.9 Å². The van der Waals surface area contributed by atoms with Gasteiger partial charge in [-0.15, -0.1) is 0 Å². The molecule has 3 N–H and O–H groups in total. The number of carbonyl (C=O) groups excluding carboxylic acids is 2. The molecule has 0 saturated carbocycles. The number of ether oxygens (including phenoxy) is 1. The summed E-state index contributed by atoms with van der Waals surface area (Å²) in [5.74, 6) is -0.0464. The molecule has 0 aliphatic carbocycles. The van der Waals surface area contributed by atoms with Crippen LogP contribution in [0.2, 0.25) is 0 Å². The van der Waals surface area contributed by atoms with Crippen molar-refractivity contribution in [3.05, 3.63) is 36.5 Å². The van der Waals surface area contributed by atoms with Gasteiger partial charge in [-0.25, -0.2) is 0 Å². The van der Waals surface area contributed by atoms with E-state index in [2.05, 4.69) is 43.5 Å². The lowest BCUT2D eigenvalue weighted by molar-refractivity contribution is -0.143. The summed E-state index contributed by atoms with van der Waals surface area (Å²) in [6, 6.07) is -0.621. The zero-order chi connectivity index (χ0) is 59.2. The first kappa shape index (κ1) is 80.1. The molecule has 0 fully saturated rings. The van der Waals surface area contributed by atoms with Crippen LogP contribution in [0.5, 0.6) is 0 Å². The molecule has 0 aromatic heterocycles. The maximum atomic E-state index is 12.4. The molecule has 0 heterocycles. The Morgan fingerprint density at radius 3 is 0.939 bits per heavy atom. The number of rotatable bonds is 70. The molecule has 0 spiro atoms. The highest BCUT2D eigenvalue weighted by molar-refractivity contribution is 5.76. The number of hydrogen-bond acceptors (Lipinski definition) is 5. The number of hydrogen-bond donors (Lipinski definition) is 3. The number of amides is 1. The highest BCUT2D eigenvalue weighted by Gasteiger charge is 2.18. The molecule has 6 heteroatoms. The van der Waals surface area contributed by atoms with Gasteiger partial charge in [0.05, 0.1) is 25.4 Å². The van der Waals surface area contributed by atoms with Crippen LogP contribution in [0.3, 0.4) is 0 Å². The third-order valence-electron chi connectivity index (χ3n) is 17.4. The molecule has 0 radical (unpaired) electrons. The van der Waals surface area contributed by atoms with Crippen molar-refractivity contribution in [3.63, 3.8) is 0 Å². The Morgan fingerprint density at radius 2 is 0.610 bits per heavy atom.